The summed E-state index contributed by atoms with van der Waals surface area (Å²) in [6.45, 7) is -0.595. The third-order valence-electron chi connectivity index (χ3n) is 4.08. The minimum Gasteiger partial charge on any atom is -0.504 e. The Labute approximate surface area is 189 Å². The number of benzene rings is 1. The highest BCUT2D eigenvalue weighted by Crippen LogP contribution is 2.26. The molecular weight excluding hydrogens is 442 g/mol. The number of carboxylic acids is 2. The lowest BCUT2D eigenvalue weighted by Gasteiger charge is -2.18. The molecule has 0 bridgehead atoms. The van der Waals surface area contributed by atoms with Crippen LogP contribution in [0.1, 0.15) is 18.4 Å². The van der Waals surface area contributed by atoms with Crippen molar-refractivity contribution in [2.45, 2.75) is 24.9 Å². The van der Waals surface area contributed by atoms with Gasteiger partial charge in [0, 0.05) is 17.9 Å². The number of amides is 2. The van der Waals surface area contributed by atoms with E-state index in [1.165, 1.54) is 24.9 Å². The molecule has 1 aromatic carbocycles. The van der Waals surface area contributed by atoms with E-state index in [4.69, 9.17) is 20.7 Å². The SMILES string of the molecule is COc1cc(/C=C/CSC[C@H](NC(=O)CC[C@H](N)C(=O)O)C(=O)NCC(=O)O)ccc1O. The molecule has 0 aliphatic rings. The largest absolute Gasteiger partial charge is 0.504 e. The highest BCUT2D eigenvalue weighted by atomic mass is 32.2. The van der Waals surface area contributed by atoms with E-state index >= 15 is 0 Å². The average Bonchev–Trinajstić information content (AvgIpc) is 2.75. The van der Waals surface area contributed by atoms with Gasteiger partial charge in [0.05, 0.1) is 7.11 Å². The summed E-state index contributed by atoms with van der Waals surface area (Å²) in [5, 5.41) is 31.8. The Balaban J connectivity index is 2.62. The molecule has 0 spiro atoms. The lowest BCUT2D eigenvalue weighted by molar-refractivity contribution is -0.139. The van der Waals surface area contributed by atoms with Gasteiger partial charge >= 0.3 is 11.9 Å². The zero-order valence-electron chi connectivity index (χ0n) is 17.4. The summed E-state index contributed by atoms with van der Waals surface area (Å²) in [5.74, 6) is -2.70. The lowest BCUT2D eigenvalue weighted by Crippen LogP contribution is -2.49. The number of ether oxygens (including phenoxy) is 1. The van der Waals surface area contributed by atoms with Gasteiger partial charge in [-0.05, 0) is 24.1 Å². The fraction of sp³-hybridized carbons (Fsp3) is 0.400. The number of thioether (sulfide) groups is 1. The van der Waals surface area contributed by atoms with Crippen LogP contribution in [0.4, 0.5) is 0 Å². The summed E-state index contributed by atoms with van der Waals surface area (Å²) in [6.07, 6.45) is 3.32. The maximum Gasteiger partial charge on any atom is 0.322 e. The first kappa shape index (κ1) is 26.8. The number of phenolic OH excluding ortho intramolecular Hbond substituents is 1. The summed E-state index contributed by atoms with van der Waals surface area (Å²) >= 11 is 1.32. The van der Waals surface area contributed by atoms with Gasteiger partial charge in [0.2, 0.25) is 11.8 Å². The fourth-order valence-corrected chi connectivity index (χ4v) is 3.22. The number of carbonyl (C=O) groups is 4. The predicted octanol–water partition coefficient (Wildman–Crippen LogP) is 0.0249. The fourth-order valence-electron chi connectivity index (χ4n) is 2.38. The quantitative estimate of drug-likeness (QED) is 0.203. The first-order chi connectivity index (χ1) is 15.1. The highest BCUT2D eigenvalue weighted by molar-refractivity contribution is 7.99. The Morgan fingerprint density at radius 1 is 1.25 bits per heavy atom. The molecule has 0 aromatic heterocycles. The van der Waals surface area contributed by atoms with Crippen LogP contribution >= 0.6 is 11.8 Å². The molecule has 2 atom stereocenters. The molecule has 11 nitrogen and oxygen atoms in total. The number of hydrogen-bond acceptors (Lipinski definition) is 8. The zero-order chi connectivity index (χ0) is 24.1. The van der Waals surface area contributed by atoms with Crippen molar-refractivity contribution in [3.8, 4) is 11.5 Å². The number of carbonyl (C=O) groups excluding carboxylic acids is 2. The Kier molecular flexibility index (Phi) is 11.7. The molecule has 1 rings (SSSR count). The normalized spacial score (nSPS) is 12.7. The van der Waals surface area contributed by atoms with Gasteiger partial charge in [-0.3, -0.25) is 19.2 Å². The zero-order valence-corrected chi connectivity index (χ0v) is 18.3. The van der Waals surface area contributed by atoms with E-state index in [9.17, 15) is 24.3 Å². The van der Waals surface area contributed by atoms with Crippen LogP contribution < -0.4 is 21.1 Å². The third-order valence-corrected chi connectivity index (χ3v) is 5.08. The summed E-state index contributed by atoms with van der Waals surface area (Å²) in [7, 11) is 1.44. The van der Waals surface area contributed by atoms with Gasteiger partial charge < -0.3 is 36.4 Å². The standard InChI is InChI=1S/C20H27N3O8S/c1-31-16-9-12(4-6-15(16)24)3-2-8-32-11-14(19(28)22-10-18(26)27)23-17(25)7-5-13(21)20(29)30/h2-4,6,9,13-14,24H,5,7-8,10-11,21H2,1H3,(H,22,28)(H,23,25)(H,26,27)(H,29,30)/b3-2+/t13-,14-/m0/s1. The third kappa shape index (κ3) is 10.2. The number of methoxy groups -OCH3 is 1. The second kappa shape index (κ2) is 13.9. The molecule has 12 heteroatoms. The molecule has 0 unspecified atom stereocenters. The molecule has 0 fully saturated rings. The molecule has 0 radical (unpaired) electrons. The Morgan fingerprint density at radius 2 is 1.97 bits per heavy atom. The van der Waals surface area contributed by atoms with Crippen LogP contribution in [-0.2, 0) is 19.2 Å². The van der Waals surface area contributed by atoms with Crippen LogP contribution in [-0.4, -0.2) is 76.3 Å². The van der Waals surface area contributed by atoms with E-state index in [0.29, 0.717) is 11.5 Å². The average molecular weight is 470 g/mol. The predicted molar refractivity (Wildman–Crippen MR) is 118 cm³/mol. The molecule has 0 saturated carbocycles. The van der Waals surface area contributed by atoms with E-state index in [1.807, 2.05) is 6.08 Å². The number of phenols is 1. The van der Waals surface area contributed by atoms with Crippen molar-refractivity contribution in [3.05, 3.63) is 29.8 Å². The van der Waals surface area contributed by atoms with Crippen LogP contribution in [0.2, 0.25) is 0 Å². The molecule has 0 heterocycles. The Hall–Kier alpha value is -3.25. The topological polar surface area (TPSA) is 188 Å². The minimum atomic E-state index is -1.23. The lowest BCUT2D eigenvalue weighted by atomic mass is 10.1. The van der Waals surface area contributed by atoms with Gasteiger partial charge in [0.1, 0.15) is 18.6 Å². The van der Waals surface area contributed by atoms with Crippen molar-refractivity contribution in [2.75, 3.05) is 25.2 Å². The van der Waals surface area contributed by atoms with Crippen LogP contribution in [0.3, 0.4) is 0 Å². The minimum absolute atomic E-state index is 0.0225. The van der Waals surface area contributed by atoms with Gasteiger partial charge in [0.15, 0.2) is 11.5 Å². The van der Waals surface area contributed by atoms with Gasteiger partial charge in [-0.25, -0.2) is 0 Å². The summed E-state index contributed by atoms with van der Waals surface area (Å²) in [5.41, 5.74) is 6.16. The summed E-state index contributed by atoms with van der Waals surface area (Å²) in [4.78, 5) is 45.7. The Morgan fingerprint density at radius 3 is 2.59 bits per heavy atom. The molecule has 7 N–H and O–H groups in total. The van der Waals surface area contributed by atoms with Crippen molar-refractivity contribution in [2.24, 2.45) is 5.73 Å². The van der Waals surface area contributed by atoms with Crippen LogP contribution in [0.15, 0.2) is 24.3 Å². The smallest absolute Gasteiger partial charge is 0.322 e. The maximum atomic E-state index is 12.2. The molecule has 176 valence electrons. The number of aliphatic carboxylic acids is 2. The molecule has 0 aliphatic carbocycles. The van der Waals surface area contributed by atoms with Gasteiger partial charge in [0.25, 0.3) is 0 Å². The van der Waals surface area contributed by atoms with E-state index < -0.39 is 42.4 Å². The van der Waals surface area contributed by atoms with Crippen molar-refractivity contribution < 1.29 is 39.2 Å². The van der Waals surface area contributed by atoms with Crippen molar-refractivity contribution in [1.29, 1.82) is 0 Å². The Bertz CT molecular complexity index is 846. The molecular formula is C20H27N3O8S. The van der Waals surface area contributed by atoms with E-state index in [0.717, 1.165) is 5.56 Å². The molecule has 32 heavy (non-hydrogen) atoms. The first-order valence-corrected chi connectivity index (χ1v) is 10.7. The van der Waals surface area contributed by atoms with Gasteiger partial charge in [-0.1, -0.05) is 18.2 Å². The highest BCUT2D eigenvalue weighted by Gasteiger charge is 2.22. The maximum absolute atomic E-state index is 12.2. The van der Waals surface area contributed by atoms with Gasteiger partial charge in [-0.2, -0.15) is 11.8 Å². The van der Waals surface area contributed by atoms with Crippen molar-refractivity contribution in [1.82, 2.24) is 10.6 Å². The van der Waals surface area contributed by atoms with E-state index in [2.05, 4.69) is 10.6 Å². The monoisotopic (exact) mass is 469 g/mol. The van der Waals surface area contributed by atoms with E-state index in [1.54, 1.807) is 18.2 Å². The van der Waals surface area contributed by atoms with E-state index in [-0.39, 0.29) is 24.3 Å². The number of carboxylic acid groups (broad SMARTS) is 2. The van der Waals surface area contributed by atoms with Crippen LogP contribution in [0.5, 0.6) is 11.5 Å². The van der Waals surface area contributed by atoms with Crippen molar-refractivity contribution in [3.63, 3.8) is 0 Å². The number of hydrogen-bond donors (Lipinski definition) is 6. The van der Waals surface area contributed by atoms with Crippen LogP contribution in [0, 0.1) is 0 Å². The number of nitrogens with two attached hydrogens (primary N) is 1. The molecule has 0 aliphatic heterocycles. The number of rotatable bonds is 14. The molecule has 2 amide bonds. The van der Waals surface area contributed by atoms with Gasteiger partial charge in [-0.15, -0.1) is 0 Å². The summed E-state index contributed by atoms with van der Waals surface area (Å²) in [6, 6.07) is 2.65. The van der Waals surface area contributed by atoms with Crippen molar-refractivity contribution >= 4 is 41.6 Å². The first-order valence-electron chi connectivity index (χ1n) is 9.52. The number of nitrogens with one attached hydrogen (secondary N) is 2. The molecule has 0 saturated heterocycles. The molecule has 1 aromatic rings. The second-order valence-electron chi connectivity index (χ2n) is 6.59. The second-order valence-corrected chi connectivity index (χ2v) is 7.66. The van der Waals surface area contributed by atoms with Crippen LogP contribution in [0.25, 0.3) is 6.08 Å². The summed E-state index contributed by atoms with van der Waals surface area (Å²) < 4.78 is 5.04. The number of aromatic hydroxyl groups is 1.